The second-order valence-corrected chi connectivity index (χ2v) is 6.69. The number of guanidine groups is 1. The number of nitrogens with one attached hydrogen (secondary N) is 1. The van der Waals surface area contributed by atoms with E-state index in [0.717, 1.165) is 38.7 Å². The van der Waals surface area contributed by atoms with Crippen LogP contribution in [0.2, 0.25) is 0 Å². The van der Waals surface area contributed by atoms with Crippen LogP contribution in [0.4, 0.5) is 0 Å². The van der Waals surface area contributed by atoms with Crippen molar-refractivity contribution in [2.45, 2.75) is 39.5 Å². The molecule has 0 bridgehead atoms. The van der Waals surface area contributed by atoms with Crippen LogP contribution < -0.4 is 5.32 Å². The largest absolute Gasteiger partial charge is 0.381 e. The van der Waals surface area contributed by atoms with Gasteiger partial charge < -0.3 is 19.7 Å². The van der Waals surface area contributed by atoms with Gasteiger partial charge in [-0.3, -0.25) is 4.99 Å². The van der Waals surface area contributed by atoms with Crippen molar-refractivity contribution in [1.29, 1.82) is 0 Å². The summed E-state index contributed by atoms with van der Waals surface area (Å²) in [6, 6.07) is 8.54. The lowest BCUT2D eigenvalue weighted by Gasteiger charge is -2.24. The molecule has 0 saturated carbocycles. The molecular formula is C19H32IN3O2. The van der Waals surface area contributed by atoms with E-state index in [9.17, 15) is 0 Å². The Morgan fingerprint density at radius 3 is 2.56 bits per heavy atom. The molecule has 1 aromatic rings. The summed E-state index contributed by atoms with van der Waals surface area (Å²) in [5.41, 5.74) is 2.44. The van der Waals surface area contributed by atoms with Crippen molar-refractivity contribution in [3.05, 3.63) is 35.4 Å². The Morgan fingerprint density at radius 2 is 2.00 bits per heavy atom. The average Bonchev–Trinajstić information content (AvgIpc) is 3.07. The van der Waals surface area contributed by atoms with Crippen LogP contribution >= 0.6 is 24.0 Å². The van der Waals surface area contributed by atoms with Gasteiger partial charge in [-0.15, -0.1) is 24.0 Å². The fourth-order valence-electron chi connectivity index (χ4n) is 2.78. The molecule has 1 N–H and O–H groups in total. The highest BCUT2D eigenvalue weighted by atomic mass is 127. The van der Waals surface area contributed by atoms with Gasteiger partial charge in [0.2, 0.25) is 0 Å². The third-order valence-corrected chi connectivity index (χ3v) is 4.19. The molecular weight excluding hydrogens is 429 g/mol. The molecule has 142 valence electrons. The van der Waals surface area contributed by atoms with Crippen molar-refractivity contribution >= 4 is 29.9 Å². The van der Waals surface area contributed by atoms with Gasteiger partial charge in [0, 0.05) is 39.7 Å². The van der Waals surface area contributed by atoms with E-state index in [0.29, 0.717) is 12.5 Å². The fourth-order valence-corrected chi connectivity index (χ4v) is 2.78. The van der Waals surface area contributed by atoms with Crippen LogP contribution in [0.5, 0.6) is 0 Å². The van der Waals surface area contributed by atoms with E-state index in [4.69, 9.17) is 9.47 Å². The maximum Gasteiger partial charge on any atom is 0.193 e. The third kappa shape index (κ3) is 7.92. The van der Waals surface area contributed by atoms with E-state index in [1.54, 1.807) is 0 Å². The van der Waals surface area contributed by atoms with Gasteiger partial charge in [-0.2, -0.15) is 0 Å². The topological polar surface area (TPSA) is 46.1 Å². The Bertz CT molecular complexity index is 514. The molecule has 1 atom stereocenters. The Kier molecular flexibility index (Phi) is 10.4. The summed E-state index contributed by atoms with van der Waals surface area (Å²) in [6.45, 7) is 8.27. The van der Waals surface area contributed by atoms with Gasteiger partial charge in [0.1, 0.15) is 0 Å². The minimum Gasteiger partial charge on any atom is -0.381 e. The lowest BCUT2D eigenvalue weighted by molar-refractivity contribution is 0.0657. The van der Waals surface area contributed by atoms with Gasteiger partial charge in [0.25, 0.3) is 0 Å². The van der Waals surface area contributed by atoms with Crippen molar-refractivity contribution in [2.24, 2.45) is 10.9 Å². The zero-order valence-electron chi connectivity index (χ0n) is 15.8. The van der Waals surface area contributed by atoms with Gasteiger partial charge in [0.05, 0.1) is 19.3 Å². The molecule has 2 rings (SSSR count). The molecule has 1 aromatic carbocycles. The Morgan fingerprint density at radius 1 is 1.32 bits per heavy atom. The van der Waals surface area contributed by atoms with E-state index in [1.165, 1.54) is 11.1 Å². The highest BCUT2D eigenvalue weighted by molar-refractivity contribution is 14.0. The minimum atomic E-state index is 0. The summed E-state index contributed by atoms with van der Waals surface area (Å²) in [5, 5.41) is 3.43. The van der Waals surface area contributed by atoms with E-state index < -0.39 is 0 Å². The van der Waals surface area contributed by atoms with Crippen LogP contribution in [0.1, 0.15) is 31.4 Å². The maximum absolute atomic E-state index is 5.63. The number of halogens is 1. The van der Waals surface area contributed by atoms with Gasteiger partial charge >= 0.3 is 0 Å². The molecule has 5 nitrogen and oxygen atoms in total. The number of benzene rings is 1. The standard InChI is InChI=1S/C19H31N3O2.HI/c1-15(2)24-14-17-7-5-16(6-8-17)11-21-19(20-3)22(4)12-18-9-10-23-13-18;/h5-8,15,18H,9-14H2,1-4H3,(H,20,21);1H. The second-order valence-electron chi connectivity index (χ2n) is 6.69. The zero-order chi connectivity index (χ0) is 17.4. The molecule has 6 heteroatoms. The quantitative estimate of drug-likeness (QED) is 0.385. The number of hydrogen-bond donors (Lipinski definition) is 1. The predicted molar refractivity (Wildman–Crippen MR) is 114 cm³/mol. The summed E-state index contributed by atoms with van der Waals surface area (Å²) < 4.78 is 11.1. The molecule has 25 heavy (non-hydrogen) atoms. The second kappa shape index (κ2) is 11.7. The Hall–Kier alpha value is -0.860. The summed E-state index contributed by atoms with van der Waals surface area (Å²) in [4.78, 5) is 6.57. The number of nitrogens with zero attached hydrogens (tertiary/aromatic N) is 2. The number of hydrogen-bond acceptors (Lipinski definition) is 3. The van der Waals surface area contributed by atoms with Crippen molar-refractivity contribution < 1.29 is 9.47 Å². The SMILES string of the molecule is CN=C(NCc1ccc(COC(C)C)cc1)N(C)CC1CCOC1.I. The molecule has 1 aliphatic heterocycles. The first-order chi connectivity index (χ1) is 11.6. The molecule has 1 aliphatic rings. The smallest absolute Gasteiger partial charge is 0.193 e. The molecule has 1 heterocycles. The van der Waals surface area contributed by atoms with Crippen LogP contribution in [0, 0.1) is 5.92 Å². The normalized spacial score (nSPS) is 17.5. The van der Waals surface area contributed by atoms with Gasteiger partial charge in [-0.25, -0.2) is 0 Å². The number of aliphatic imine (C=N–C) groups is 1. The summed E-state index contributed by atoms with van der Waals surface area (Å²) in [6.07, 6.45) is 1.40. The van der Waals surface area contributed by atoms with Crippen molar-refractivity contribution in [1.82, 2.24) is 10.2 Å². The van der Waals surface area contributed by atoms with Crippen LogP contribution in [-0.4, -0.2) is 50.8 Å². The molecule has 0 amide bonds. The van der Waals surface area contributed by atoms with Gasteiger partial charge in [-0.1, -0.05) is 24.3 Å². The van der Waals surface area contributed by atoms with Crippen molar-refractivity contribution in [3.63, 3.8) is 0 Å². The molecule has 0 aliphatic carbocycles. The summed E-state index contributed by atoms with van der Waals surface area (Å²) in [5.74, 6) is 1.53. The van der Waals surface area contributed by atoms with Crippen LogP contribution in [0.25, 0.3) is 0 Å². The average molecular weight is 461 g/mol. The first-order valence-corrected chi connectivity index (χ1v) is 8.77. The summed E-state index contributed by atoms with van der Waals surface area (Å²) >= 11 is 0. The molecule has 1 fully saturated rings. The molecule has 0 aromatic heterocycles. The van der Waals surface area contributed by atoms with Crippen LogP contribution in [0.3, 0.4) is 0 Å². The lowest BCUT2D eigenvalue weighted by Crippen LogP contribution is -2.41. The first-order valence-electron chi connectivity index (χ1n) is 8.77. The van der Waals surface area contributed by atoms with Crippen molar-refractivity contribution in [2.75, 3.05) is 33.9 Å². The first kappa shape index (κ1) is 22.2. The highest BCUT2D eigenvalue weighted by Crippen LogP contribution is 2.13. The number of rotatable bonds is 7. The molecule has 0 spiro atoms. The van der Waals surface area contributed by atoms with E-state index >= 15 is 0 Å². The molecule has 0 radical (unpaired) electrons. The predicted octanol–water partition coefficient (Wildman–Crippen LogP) is 3.27. The Labute approximate surface area is 169 Å². The molecule has 1 saturated heterocycles. The lowest BCUT2D eigenvalue weighted by atomic mass is 10.1. The monoisotopic (exact) mass is 461 g/mol. The van der Waals surface area contributed by atoms with Crippen molar-refractivity contribution in [3.8, 4) is 0 Å². The maximum atomic E-state index is 5.63. The Balaban J connectivity index is 0.00000312. The minimum absolute atomic E-state index is 0. The van der Waals surface area contributed by atoms with E-state index in [-0.39, 0.29) is 30.1 Å². The fraction of sp³-hybridized carbons (Fsp3) is 0.632. The number of ether oxygens (including phenoxy) is 2. The van der Waals surface area contributed by atoms with E-state index in [2.05, 4.69) is 60.4 Å². The van der Waals surface area contributed by atoms with Crippen LogP contribution in [0.15, 0.2) is 29.3 Å². The summed E-state index contributed by atoms with van der Waals surface area (Å²) in [7, 11) is 3.91. The van der Waals surface area contributed by atoms with Gasteiger partial charge in [-0.05, 0) is 31.4 Å². The molecule has 1 unspecified atom stereocenters. The third-order valence-electron chi connectivity index (χ3n) is 4.19. The highest BCUT2D eigenvalue weighted by Gasteiger charge is 2.18. The zero-order valence-corrected chi connectivity index (χ0v) is 18.2. The van der Waals surface area contributed by atoms with Crippen LogP contribution in [-0.2, 0) is 22.6 Å². The van der Waals surface area contributed by atoms with E-state index in [1.807, 2.05) is 7.05 Å². The van der Waals surface area contributed by atoms with Gasteiger partial charge in [0.15, 0.2) is 5.96 Å².